The maximum absolute atomic E-state index is 13.6. The molecule has 1 aliphatic heterocycles. The minimum absolute atomic E-state index is 0.0382. The number of carbonyl (C=O) groups excluding carboxylic acids is 2. The Morgan fingerprint density at radius 2 is 0.583 bits per heavy atom. The third-order valence-corrected chi connectivity index (χ3v) is 17.3. The van der Waals surface area contributed by atoms with E-state index in [9.17, 15) is 29.1 Å². The molecule has 1 heterocycles. The largest absolute Gasteiger partial charge is 0.481 e. The molecule has 680 valence electrons. The number of primary amides is 1. The van der Waals surface area contributed by atoms with E-state index in [2.05, 4.69) is 12.2 Å². The van der Waals surface area contributed by atoms with Gasteiger partial charge in [-0.2, -0.15) is 0 Å². The Bertz CT molecular complexity index is 2090. The molecular formula is C80H153N2O33+. The number of nitrogens with two attached hydrogens (primary N) is 1. The average molecular weight is 1670 g/mol. The van der Waals surface area contributed by atoms with Gasteiger partial charge in [0.1, 0.15) is 5.41 Å². The van der Waals surface area contributed by atoms with Gasteiger partial charge >= 0.3 is 23.8 Å². The minimum Gasteiger partial charge on any atom is -0.481 e. The van der Waals surface area contributed by atoms with E-state index >= 15 is 0 Å². The number of carbonyl (C=O) groups is 5. The Morgan fingerprint density at radius 1 is 0.330 bits per heavy atom. The third-order valence-electron chi connectivity index (χ3n) is 17.3. The maximum Gasteiger partial charge on any atom is 0.319 e. The van der Waals surface area contributed by atoms with Crippen molar-refractivity contribution in [1.29, 1.82) is 0 Å². The molecular weight excluding hydrogens is 1520 g/mol. The zero-order chi connectivity index (χ0) is 82.8. The second-order valence-corrected chi connectivity index (χ2v) is 26.8. The first kappa shape index (κ1) is 110. The van der Waals surface area contributed by atoms with Gasteiger partial charge in [0.25, 0.3) is 0 Å². The van der Waals surface area contributed by atoms with Crippen LogP contribution < -0.4 is 10.6 Å². The molecule has 1 fully saturated rings. The second-order valence-electron chi connectivity index (χ2n) is 26.8. The SMILES string of the molecule is CCCCCCCCCCCC(CCCCCCCCCCC(=O)O)(C(=O)O)C(=O)NCCOCCOCCOCCOCCOCCOCCOCCOCCOCCOCCOCCOCCOCCOCCOCCOCCOCCOCCOCCOC(COCCOCCOCCOCCC(=O)O)OC1CCC(=O)[NH2+]1. The fourth-order valence-corrected chi connectivity index (χ4v) is 11.0. The number of amides is 2. The van der Waals surface area contributed by atoms with Crippen molar-refractivity contribution in [3.63, 3.8) is 0 Å². The number of carboxylic acids is 3. The molecule has 0 spiro atoms. The van der Waals surface area contributed by atoms with Crippen LogP contribution in [-0.2, 0) is 142 Å². The highest BCUT2D eigenvalue weighted by molar-refractivity contribution is 6.01. The molecule has 0 bridgehead atoms. The lowest BCUT2D eigenvalue weighted by Crippen LogP contribution is -2.90. The Kier molecular flexibility index (Phi) is 85.5. The van der Waals surface area contributed by atoms with Gasteiger partial charge in [0, 0.05) is 19.4 Å². The summed E-state index contributed by atoms with van der Waals surface area (Å²) in [6.45, 7) is 21.5. The van der Waals surface area contributed by atoms with E-state index in [-0.39, 0.29) is 57.9 Å². The lowest BCUT2D eigenvalue weighted by Gasteiger charge is -2.28. The maximum atomic E-state index is 13.6. The van der Waals surface area contributed by atoms with Crippen LogP contribution in [0.25, 0.3) is 0 Å². The van der Waals surface area contributed by atoms with E-state index in [4.69, 9.17) is 129 Å². The number of aliphatic carboxylic acids is 3. The van der Waals surface area contributed by atoms with Crippen molar-refractivity contribution >= 4 is 29.7 Å². The Labute approximate surface area is 685 Å². The smallest absolute Gasteiger partial charge is 0.319 e. The van der Waals surface area contributed by atoms with Gasteiger partial charge in [-0.25, -0.2) is 4.79 Å². The van der Waals surface area contributed by atoms with Gasteiger partial charge in [-0.1, -0.05) is 110 Å². The van der Waals surface area contributed by atoms with Crippen molar-refractivity contribution in [3.8, 4) is 0 Å². The number of unbranched alkanes of at least 4 members (excludes halogenated alkanes) is 15. The molecule has 3 atom stereocenters. The summed E-state index contributed by atoms with van der Waals surface area (Å²) in [4.78, 5) is 59.3. The molecule has 1 rings (SSSR count). The van der Waals surface area contributed by atoms with Gasteiger partial charge in [0.15, 0.2) is 6.29 Å². The highest BCUT2D eigenvalue weighted by Gasteiger charge is 2.45. The first-order chi connectivity index (χ1) is 56.6. The lowest BCUT2D eigenvalue weighted by atomic mass is 9.76. The molecule has 0 aliphatic carbocycles. The van der Waals surface area contributed by atoms with Gasteiger partial charge < -0.3 is 134 Å². The summed E-state index contributed by atoms with van der Waals surface area (Å²) < 4.78 is 139. The van der Waals surface area contributed by atoms with Crippen molar-refractivity contribution in [2.75, 3.05) is 317 Å². The third kappa shape index (κ3) is 80.0. The van der Waals surface area contributed by atoms with E-state index in [0.29, 0.717) is 329 Å². The van der Waals surface area contributed by atoms with Crippen LogP contribution >= 0.6 is 0 Å². The van der Waals surface area contributed by atoms with Crippen molar-refractivity contribution in [2.24, 2.45) is 5.41 Å². The van der Waals surface area contributed by atoms with E-state index in [1.807, 2.05) is 0 Å². The van der Waals surface area contributed by atoms with Crippen LogP contribution in [0.3, 0.4) is 0 Å². The molecule has 0 aromatic heterocycles. The van der Waals surface area contributed by atoms with Gasteiger partial charge in [-0.15, -0.1) is 0 Å². The highest BCUT2D eigenvalue weighted by atomic mass is 16.7. The number of rotatable bonds is 100. The monoisotopic (exact) mass is 1670 g/mol. The normalized spacial score (nSPS) is 13.9. The van der Waals surface area contributed by atoms with E-state index < -0.39 is 35.5 Å². The number of nitrogens with one attached hydrogen (secondary N) is 1. The first-order valence-corrected chi connectivity index (χ1v) is 42.5. The summed E-state index contributed by atoms with van der Waals surface area (Å²) in [5.41, 5.74) is -1.46. The highest BCUT2D eigenvalue weighted by Crippen LogP contribution is 2.33. The second kappa shape index (κ2) is 89.8. The number of hydrogen-bond acceptors (Lipinski definition) is 30. The molecule has 1 saturated heterocycles. The Hall–Kier alpha value is -3.49. The van der Waals surface area contributed by atoms with Crippen LogP contribution in [0.1, 0.15) is 155 Å². The van der Waals surface area contributed by atoms with Gasteiger partial charge in [-0.05, 0) is 19.3 Å². The standard InChI is InChI=1S/C80H152N2O33/c1-2-3-4-5-6-8-11-14-17-23-80(79(89)90,24-18-15-12-9-7-10-13-16-19-75(84)85)78(88)81-25-27-92-29-31-94-32-33-95-34-35-96-36-37-97-38-39-98-40-41-99-42-43-100-44-45-101-46-47-102-48-49-103-50-51-104-52-53-105-54-55-106-56-57-107-58-59-108-60-61-109-62-63-110-66-67-112-70-71-114-77(115-74-21-20-73(83)82-74)72-113-69-68-111-65-64-93-30-28-91-26-22-76(86)87/h74,77H,2-72H2,1H3,(H,81,88)(H,82,83)(H,84,85)(H,86,87)(H,89,90)/p+1. The summed E-state index contributed by atoms with van der Waals surface area (Å²) in [6, 6.07) is 0. The van der Waals surface area contributed by atoms with Crippen LogP contribution in [0.2, 0.25) is 0 Å². The molecule has 6 N–H and O–H groups in total. The van der Waals surface area contributed by atoms with E-state index in [1.54, 1.807) is 5.32 Å². The summed E-state index contributed by atoms with van der Waals surface area (Å²) >= 11 is 0. The first-order valence-electron chi connectivity index (χ1n) is 42.5. The van der Waals surface area contributed by atoms with Crippen LogP contribution in [0.5, 0.6) is 0 Å². The van der Waals surface area contributed by atoms with Crippen molar-refractivity contribution < 1.29 is 163 Å². The zero-order valence-electron chi connectivity index (χ0n) is 70.0. The van der Waals surface area contributed by atoms with Crippen molar-refractivity contribution in [2.45, 2.75) is 167 Å². The van der Waals surface area contributed by atoms with E-state index in [0.717, 1.165) is 57.8 Å². The molecule has 35 heteroatoms. The Balaban J connectivity index is 1.79. The predicted octanol–water partition coefficient (Wildman–Crippen LogP) is 5.51. The molecule has 2 amide bonds. The Morgan fingerprint density at radius 3 is 0.852 bits per heavy atom. The predicted molar refractivity (Wildman–Crippen MR) is 421 cm³/mol. The van der Waals surface area contributed by atoms with Crippen LogP contribution in [0, 0.1) is 5.41 Å². The van der Waals surface area contributed by atoms with Crippen molar-refractivity contribution in [3.05, 3.63) is 0 Å². The molecule has 0 radical (unpaired) electrons. The van der Waals surface area contributed by atoms with E-state index in [1.165, 1.54) is 32.1 Å². The molecule has 0 aromatic carbocycles. The molecule has 1 aliphatic rings. The number of ether oxygens (including phenoxy) is 25. The topological polar surface area (TPSA) is 405 Å². The lowest BCUT2D eigenvalue weighted by molar-refractivity contribution is -0.644. The number of quaternary nitrogens is 1. The number of carboxylic acid groups (broad SMARTS) is 3. The van der Waals surface area contributed by atoms with Gasteiger partial charge in [-0.3, -0.25) is 29.2 Å². The molecule has 3 unspecified atom stereocenters. The fourth-order valence-electron chi connectivity index (χ4n) is 11.0. The zero-order valence-corrected chi connectivity index (χ0v) is 70.0. The van der Waals surface area contributed by atoms with Crippen LogP contribution in [-0.4, -0.2) is 375 Å². The molecule has 35 nitrogen and oxygen atoms in total. The van der Waals surface area contributed by atoms with Gasteiger partial charge in [0.05, 0.1) is 323 Å². The van der Waals surface area contributed by atoms with Crippen LogP contribution in [0.4, 0.5) is 0 Å². The quantitative estimate of drug-likeness (QED) is 0.0285. The summed E-state index contributed by atoms with van der Waals surface area (Å²) in [7, 11) is 0. The van der Waals surface area contributed by atoms with Crippen molar-refractivity contribution in [1.82, 2.24) is 5.32 Å². The van der Waals surface area contributed by atoms with Gasteiger partial charge in [0.2, 0.25) is 12.1 Å². The summed E-state index contributed by atoms with van der Waals surface area (Å²) in [5, 5.41) is 32.3. The number of hydrogen-bond donors (Lipinski definition) is 5. The summed E-state index contributed by atoms with van der Waals surface area (Å²) in [6.07, 6.45) is 18.0. The average Bonchev–Trinajstić information content (AvgIpc) is 1.27. The fraction of sp³-hybridized carbons (Fsp3) is 0.938. The minimum atomic E-state index is -1.46. The summed E-state index contributed by atoms with van der Waals surface area (Å²) in [5.74, 6) is -3.09. The molecule has 115 heavy (non-hydrogen) atoms. The molecule has 0 aromatic rings. The van der Waals surface area contributed by atoms with Crippen LogP contribution in [0.15, 0.2) is 0 Å². The molecule has 0 saturated carbocycles.